The lowest BCUT2D eigenvalue weighted by atomic mass is 10.2. The molecule has 0 atom stereocenters. The number of hydrogen-bond donors (Lipinski definition) is 2. The number of aromatic nitrogens is 1. The molecule has 5 nitrogen and oxygen atoms in total. The number of pyridine rings is 1. The number of thiocarbonyl (C=S) groups is 1. The Labute approximate surface area is 154 Å². The second kappa shape index (κ2) is 10.5. The first-order chi connectivity index (χ1) is 12.2. The number of furan rings is 2. The summed E-state index contributed by atoms with van der Waals surface area (Å²) in [6.07, 6.45) is 8.48. The maximum atomic E-state index is 5.18. The van der Waals surface area contributed by atoms with Gasteiger partial charge in [-0.15, -0.1) is 0 Å². The molecule has 0 saturated carbocycles. The van der Waals surface area contributed by atoms with Gasteiger partial charge in [0.2, 0.25) is 0 Å². The highest BCUT2D eigenvalue weighted by Gasteiger charge is 2.04. The number of fused-ring (bicyclic) bond motifs is 2. The van der Waals surface area contributed by atoms with E-state index >= 15 is 0 Å². The van der Waals surface area contributed by atoms with E-state index in [9.17, 15) is 0 Å². The standard InChI is InChI=1S/C12H19N3S.C7H6O2/c1-2-3-4-5-8-14-12(16)15-11-6-9-13-10-7-11;1-8-7-4-5-2-3-6(7)9-5/h6-7,9-10H,2-5,8H2,1H3,(H2,13,14,15,16);2-4H,1H3. The molecule has 0 unspecified atom stereocenters. The molecule has 0 spiro atoms. The minimum absolute atomic E-state index is 0.683. The second-order valence-corrected chi connectivity index (χ2v) is 6.00. The van der Waals surface area contributed by atoms with Crippen molar-refractivity contribution in [2.75, 3.05) is 19.0 Å². The lowest BCUT2D eigenvalue weighted by Gasteiger charge is -2.09. The number of nitrogens with zero attached hydrogens (tertiary/aromatic N) is 1. The molecular weight excluding hydrogens is 334 g/mol. The van der Waals surface area contributed by atoms with Crippen molar-refractivity contribution in [3.63, 3.8) is 0 Å². The lowest BCUT2D eigenvalue weighted by Crippen LogP contribution is -2.29. The number of rotatable bonds is 7. The molecule has 0 aliphatic carbocycles. The molecule has 0 fully saturated rings. The third kappa shape index (κ3) is 6.58. The van der Waals surface area contributed by atoms with Crippen molar-refractivity contribution < 1.29 is 9.15 Å². The van der Waals surface area contributed by atoms with Crippen LogP contribution in [0.25, 0.3) is 11.2 Å². The molecule has 3 rings (SSSR count). The van der Waals surface area contributed by atoms with Crippen LogP contribution in [0, 0.1) is 0 Å². The molecular formula is C19H25N3O2S. The van der Waals surface area contributed by atoms with Gasteiger partial charge in [-0.3, -0.25) is 4.98 Å². The molecule has 25 heavy (non-hydrogen) atoms. The number of benzene rings is 1. The number of nitrogens with one attached hydrogen (secondary N) is 2. The molecule has 0 amide bonds. The number of unbranched alkanes of at least 4 members (excludes halogenated alkanes) is 3. The normalized spacial score (nSPS) is 10.2. The smallest absolute Gasteiger partial charge is 0.170 e. The van der Waals surface area contributed by atoms with Crippen LogP contribution in [0.5, 0.6) is 5.75 Å². The van der Waals surface area contributed by atoms with Gasteiger partial charge < -0.3 is 19.8 Å². The molecule has 2 N–H and O–H groups in total. The van der Waals surface area contributed by atoms with Crippen molar-refractivity contribution in [2.45, 2.75) is 32.6 Å². The van der Waals surface area contributed by atoms with Crippen LogP contribution in [0.2, 0.25) is 0 Å². The van der Waals surface area contributed by atoms with E-state index in [1.54, 1.807) is 19.5 Å². The van der Waals surface area contributed by atoms with Crippen LogP contribution in [0.4, 0.5) is 5.69 Å². The number of ether oxygens (including phenoxy) is 1. The zero-order valence-corrected chi connectivity index (χ0v) is 15.6. The van der Waals surface area contributed by atoms with Crippen LogP contribution in [0.3, 0.4) is 0 Å². The van der Waals surface area contributed by atoms with Gasteiger partial charge in [-0.1, -0.05) is 26.2 Å². The zero-order chi connectivity index (χ0) is 17.9. The van der Waals surface area contributed by atoms with Crippen molar-refractivity contribution in [2.24, 2.45) is 0 Å². The van der Waals surface area contributed by atoms with Gasteiger partial charge in [0.1, 0.15) is 5.58 Å². The molecule has 0 aromatic carbocycles. The van der Waals surface area contributed by atoms with Gasteiger partial charge in [0.05, 0.1) is 7.11 Å². The van der Waals surface area contributed by atoms with E-state index in [0.717, 1.165) is 29.1 Å². The van der Waals surface area contributed by atoms with E-state index in [-0.39, 0.29) is 0 Å². The fourth-order valence-electron chi connectivity index (χ4n) is 2.29. The van der Waals surface area contributed by atoms with Crippen molar-refractivity contribution >= 4 is 34.2 Å². The van der Waals surface area contributed by atoms with Crippen LogP contribution in [-0.4, -0.2) is 23.8 Å². The molecule has 3 aromatic heterocycles. The minimum Gasteiger partial charge on any atom is -0.493 e. The van der Waals surface area contributed by atoms with E-state index in [4.69, 9.17) is 21.4 Å². The van der Waals surface area contributed by atoms with Crippen LogP contribution in [0.1, 0.15) is 32.6 Å². The molecule has 0 aliphatic heterocycles. The number of methoxy groups -OCH3 is 1. The predicted octanol–water partition coefficient (Wildman–Crippen LogP) is 4.83. The fourth-order valence-corrected chi connectivity index (χ4v) is 2.51. The van der Waals surface area contributed by atoms with Gasteiger partial charge >= 0.3 is 0 Å². The van der Waals surface area contributed by atoms with Gasteiger partial charge in [0.25, 0.3) is 0 Å². The van der Waals surface area contributed by atoms with Gasteiger partial charge in [-0.25, -0.2) is 0 Å². The lowest BCUT2D eigenvalue weighted by molar-refractivity contribution is 0.416. The van der Waals surface area contributed by atoms with E-state index in [0.29, 0.717) is 5.11 Å². The van der Waals surface area contributed by atoms with E-state index < -0.39 is 0 Å². The largest absolute Gasteiger partial charge is 0.493 e. The summed E-state index contributed by atoms with van der Waals surface area (Å²) >= 11 is 5.17. The highest BCUT2D eigenvalue weighted by atomic mass is 32.1. The van der Waals surface area contributed by atoms with Crippen molar-refractivity contribution in [1.82, 2.24) is 10.3 Å². The topological polar surface area (TPSA) is 59.3 Å². The van der Waals surface area contributed by atoms with Gasteiger partial charge in [0.15, 0.2) is 16.4 Å². The third-order valence-electron chi connectivity index (χ3n) is 3.62. The van der Waals surface area contributed by atoms with Gasteiger partial charge in [-0.05, 0) is 42.9 Å². The zero-order valence-electron chi connectivity index (χ0n) is 14.7. The molecule has 0 saturated heterocycles. The molecule has 0 radical (unpaired) electrons. The fraction of sp³-hybridized carbons (Fsp3) is 0.368. The first-order valence-electron chi connectivity index (χ1n) is 8.53. The summed E-state index contributed by atoms with van der Waals surface area (Å²) in [5.74, 6) is 0.826. The van der Waals surface area contributed by atoms with Crippen LogP contribution < -0.4 is 15.4 Å². The Morgan fingerprint density at radius 1 is 1.16 bits per heavy atom. The van der Waals surface area contributed by atoms with Crippen molar-refractivity contribution in [1.29, 1.82) is 0 Å². The van der Waals surface area contributed by atoms with Crippen molar-refractivity contribution in [3.05, 3.63) is 42.7 Å². The van der Waals surface area contributed by atoms with Crippen LogP contribution in [0.15, 0.2) is 47.1 Å². The van der Waals surface area contributed by atoms with Gasteiger partial charge in [0, 0.05) is 30.7 Å². The summed E-state index contributed by atoms with van der Waals surface area (Å²) in [5, 5.41) is 6.99. The van der Waals surface area contributed by atoms with Crippen LogP contribution >= 0.6 is 12.2 Å². The molecule has 0 aliphatic rings. The minimum atomic E-state index is 0.683. The van der Waals surface area contributed by atoms with E-state index in [1.807, 2.05) is 30.3 Å². The Morgan fingerprint density at radius 2 is 1.96 bits per heavy atom. The maximum Gasteiger partial charge on any atom is 0.170 e. The summed E-state index contributed by atoms with van der Waals surface area (Å²) < 4.78 is 10.2. The molecule has 2 bridgehead atoms. The molecule has 6 heteroatoms. The summed E-state index contributed by atoms with van der Waals surface area (Å²) in [6, 6.07) is 9.47. The molecule has 3 heterocycles. The maximum absolute atomic E-state index is 5.18. The Morgan fingerprint density at radius 3 is 2.52 bits per heavy atom. The van der Waals surface area contributed by atoms with Crippen molar-refractivity contribution in [3.8, 4) is 5.75 Å². The number of anilines is 1. The summed E-state index contributed by atoms with van der Waals surface area (Å²) in [7, 11) is 1.64. The number of hydrogen-bond acceptors (Lipinski definition) is 4. The summed E-state index contributed by atoms with van der Waals surface area (Å²) in [4.78, 5) is 3.94. The Kier molecular flexibility index (Phi) is 7.98. The average molecular weight is 359 g/mol. The third-order valence-corrected chi connectivity index (χ3v) is 3.86. The molecule has 134 valence electrons. The second-order valence-electron chi connectivity index (χ2n) is 5.59. The monoisotopic (exact) mass is 359 g/mol. The quantitative estimate of drug-likeness (QED) is 0.465. The van der Waals surface area contributed by atoms with E-state index in [2.05, 4.69) is 22.5 Å². The Balaban J connectivity index is 0.000000208. The SMILES string of the molecule is CCCCCCNC(=S)Nc1ccncc1.COc1cc2ccc1o2. The Hall–Kier alpha value is -2.34. The first-order valence-corrected chi connectivity index (χ1v) is 8.94. The highest BCUT2D eigenvalue weighted by molar-refractivity contribution is 7.80. The summed E-state index contributed by atoms with van der Waals surface area (Å²) in [5.41, 5.74) is 2.68. The Bertz CT molecular complexity index is 730. The molecule has 3 aromatic rings. The highest BCUT2D eigenvalue weighted by Crippen LogP contribution is 2.27. The summed E-state index contributed by atoms with van der Waals surface area (Å²) in [6.45, 7) is 3.15. The van der Waals surface area contributed by atoms with Gasteiger partial charge in [-0.2, -0.15) is 0 Å². The average Bonchev–Trinajstić information content (AvgIpc) is 3.26. The van der Waals surface area contributed by atoms with E-state index in [1.165, 1.54) is 25.7 Å². The predicted molar refractivity (Wildman–Crippen MR) is 107 cm³/mol. The van der Waals surface area contributed by atoms with Crippen LogP contribution in [-0.2, 0) is 0 Å². The first kappa shape index (κ1) is 19.0.